The molecule has 2 rings (SSSR count). The molecule has 3 N–H and O–H groups in total. The summed E-state index contributed by atoms with van der Waals surface area (Å²) in [7, 11) is 0. The van der Waals surface area contributed by atoms with Crippen molar-refractivity contribution in [1.82, 2.24) is 4.90 Å². The minimum absolute atomic E-state index is 0.0272. The Morgan fingerprint density at radius 1 is 1.61 bits per heavy atom. The number of thioether (sulfide) groups is 1. The van der Waals surface area contributed by atoms with Crippen LogP contribution in [0.5, 0.6) is 0 Å². The Labute approximate surface area is 112 Å². The lowest BCUT2D eigenvalue weighted by Gasteiger charge is -2.32. The normalized spacial score (nSPS) is 20.6. The van der Waals surface area contributed by atoms with Crippen LogP contribution in [0.25, 0.3) is 0 Å². The molecule has 1 unspecified atom stereocenters. The second kappa shape index (κ2) is 6.11. The Balaban J connectivity index is 1.88. The zero-order chi connectivity index (χ0) is 13.0. The van der Waals surface area contributed by atoms with Gasteiger partial charge in [-0.25, -0.2) is 0 Å². The standard InChI is InChI=1S/C13H19N3OS/c1-10-9-18-6-5-16(10)8-13(17)15-12-4-2-3-11(14)7-12/h2-4,7,10H,5-6,8-9,14H2,1H3,(H,15,17). The van der Waals surface area contributed by atoms with Crippen LogP contribution in [0.1, 0.15) is 6.92 Å². The minimum Gasteiger partial charge on any atom is -0.399 e. The maximum Gasteiger partial charge on any atom is 0.238 e. The molecule has 5 heteroatoms. The lowest BCUT2D eigenvalue weighted by molar-refractivity contribution is -0.117. The Morgan fingerprint density at radius 3 is 3.17 bits per heavy atom. The van der Waals surface area contributed by atoms with Crippen molar-refractivity contribution in [3.8, 4) is 0 Å². The van der Waals surface area contributed by atoms with Gasteiger partial charge in [-0.2, -0.15) is 11.8 Å². The van der Waals surface area contributed by atoms with Crippen LogP contribution in [-0.4, -0.2) is 41.4 Å². The van der Waals surface area contributed by atoms with Crippen molar-refractivity contribution in [2.75, 3.05) is 35.6 Å². The number of nitrogens with zero attached hydrogens (tertiary/aromatic N) is 1. The van der Waals surface area contributed by atoms with Gasteiger partial charge >= 0.3 is 0 Å². The third kappa shape index (κ3) is 3.65. The van der Waals surface area contributed by atoms with E-state index in [1.165, 1.54) is 0 Å². The number of nitrogens with one attached hydrogen (secondary N) is 1. The number of rotatable bonds is 3. The highest BCUT2D eigenvalue weighted by molar-refractivity contribution is 7.99. The van der Waals surface area contributed by atoms with Gasteiger partial charge in [-0.1, -0.05) is 6.07 Å². The van der Waals surface area contributed by atoms with E-state index in [0.717, 1.165) is 23.7 Å². The van der Waals surface area contributed by atoms with E-state index in [9.17, 15) is 4.79 Å². The van der Waals surface area contributed by atoms with Gasteiger partial charge in [-0.15, -0.1) is 0 Å². The van der Waals surface area contributed by atoms with Crippen molar-refractivity contribution in [2.45, 2.75) is 13.0 Å². The molecule has 1 atom stereocenters. The number of nitrogen functional groups attached to an aromatic ring is 1. The van der Waals surface area contributed by atoms with Crippen molar-refractivity contribution in [1.29, 1.82) is 0 Å². The average Bonchev–Trinajstić information content (AvgIpc) is 2.32. The Kier molecular flexibility index (Phi) is 4.49. The lowest BCUT2D eigenvalue weighted by Crippen LogP contribution is -2.44. The molecule has 1 amide bonds. The summed E-state index contributed by atoms with van der Waals surface area (Å²) in [4.78, 5) is 14.2. The molecule has 0 saturated carbocycles. The summed E-state index contributed by atoms with van der Waals surface area (Å²) in [6.07, 6.45) is 0. The van der Waals surface area contributed by atoms with E-state index in [2.05, 4.69) is 17.1 Å². The number of hydrogen-bond donors (Lipinski definition) is 2. The molecule has 4 nitrogen and oxygen atoms in total. The number of nitrogens with two attached hydrogens (primary N) is 1. The van der Waals surface area contributed by atoms with E-state index in [-0.39, 0.29) is 5.91 Å². The molecule has 0 aromatic heterocycles. The first-order chi connectivity index (χ1) is 8.65. The molecular weight excluding hydrogens is 246 g/mol. The van der Waals surface area contributed by atoms with Crippen LogP contribution in [-0.2, 0) is 4.79 Å². The molecule has 0 aliphatic carbocycles. The number of hydrogen-bond acceptors (Lipinski definition) is 4. The summed E-state index contributed by atoms with van der Waals surface area (Å²) in [5, 5.41) is 2.88. The predicted molar refractivity (Wildman–Crippen MR) is 77.8 cm³/mol. The molecule has 0 radical (unpaired) electrons. The molecule has 1 heterocycles. The maximum atomic E-state index is 11.9. The van der Waals surface area contributed by atoms with Gasteiger partial charge in [0.25, 0.3) is 0 Å². The summed E-state index contributed by atoms with van der Waals surface area (Å²) in [5.41, 5.74) is 7.10. The smallest absolute Gasteiger partial charge is 0.238 e. The summed E-state index contributed by atoms with van der Waals surface area (Å²) in [6.45, 7) is 3.60. The van der Waals surface area contributed by atoms with Gasteiger partial charge in [0.15, 0.2) is 0 Å². The second-order valence-electron chi connectivity index (χ2n) is 4.57. The van der Waals surface area contributed by atoms with Gasteiger partial charge in [0.2, 0.25) is 5.91 Å². The van der Waals surface area contributed by atoms with Gasteiger partial charge in [0.05, 0.1) is 6.54 Å². The van der Waals surface area contributed by atoms with Crippen molar-refractivity contribution < 1.29 is 4.79 Å². The summed E-state index contributed by atoms with van der Waals surface area (Å²) < 4.78 is 0. The highest BCUT2D eigenvalue weighted by Gasteiger charge is 2.20. The summed E-state index contributed by atoms with van der Waals surface area (Å²) in [5.74, 6) is 2.24. The van der Waals surface area contributed by atoms with Gasteiger partial charge in [0, 0.05) is 35.5 Å². The Bertz CT molecular complexity index is 424. The maximum absolute atomic E-state index is 11.9. The molecule has 1 aliphatic rings. The van der Waals surface area contributed by atoms with Crippen molar-refractivity contribution in [3.05, 3.63) is 24.3 Å². The molecule has 98 valence electrons. The highest BCUT2D eigenvalue weighted by atomic mass is 32.2. The van der Waals surface area contributed by atoms with Gasteiger partial charge in [-0.3, -0.25) is 9.69 Å². The largest absolute Gasteiger partial charge is 0.399 e. The molecule has 1 aromatic carbocycles. The monoisotopic (exact) mass is 265 g/mol. The molecule has 1 saturated heterocycles. The number of benzene rings is 1. The van der Waals surface area contributed by atoms with Crippen LogP contribution in [0.3, 0.4) is 0 Å². The number of carbonyl (C=O) groups is 1. The molecule has 1 aromatic rings. The van der Waals surface area contributed by atoms with E-state index in [1.54, 1.807) is 12.1 Å². The molecule has 0 spiro atoms. The predicted octanol–water partition coefficient (Wildman–Crippen LogP) is 1.64. The van der Waals surface area contributed by atoms with Crippen LogP contribution in [0.4, 0.5) is 11.4 Å². The van der Waals surface area contributed by atoms with Gasteiger partial charge < -0.3 is 11.1 Å². The van der Waals surface area contributed by atoms with Gasteiger partial charge in [-0.05, 0) is 25.1 Å². The fourth-order valence-electron chi connectivity index (χ4n) is 2.00. The SMILES string of the molecule is CC1CSCCN1CC(=O)Nc1cccc(N)c1. The fraction of sp³-hybridized carbons (Fsp3) is 0.462. The zero-order valence-electron chi connectivity index (χ0n) is 10.6. The van der Waals surface area contributed by atoms with Crippen LogP contribution in [0.15, 0.2) is 24.3 Å². The van der Waals surface area contributed by atoms with Crippen molar-refractivity contribution in [2.24, 2.45) is 0 Å². The first kappa shape index (κ1) is 13.2. The quantitative estimate of drug-likeness (QED) is 0.816. The zero-order valence-corrected chi connectivity index (χ0v) is 11.4. The van der Waals surface area contributed by atoms with Crippen LogP contribution < -0.4 is 11.1 Å². The third-order valence-electron chi connectivity index (χ3n) is 3.02. The summed E-state index contributed by atoms with van der Waals surface area (Å²) in [6, 6.07) is 7.73. The van der Waals surface area contributed by atoms with Crippen LogP contribution in [0.2, 0.25) is 0 Å². The lowest BCUT2D eigenvalue weighted by atomic mass is 10.2. The fourth-order valence-corrected chi connectivity index (χ4v) is 3.08. The highest BCUT2D eigenvalue weighted by Crippen LogP contribution is 2.16. The molecule has 1 fully saturated rings. The second-order valence-corrected chi connectivity index (χ2v) is 5.72. The van der Waals surface area contributed by atoms with Crippen molar-refractivity contribution in [3.63, 3.8) is 0 Å². The number of anilines is 2. The Morgan fingerprint density at radius 2 is 2.44 bits per heavy atom. The summed E-state index contributed by atoms with van der Waals surface area (Å²) >= 11 is 1.95. The molecule has 18 heavy (non-hydrogen) atoms. The van der Waals surface area contributed by atoms with E-state index < -0.39 is 0 Å². The van der Waals surface area contributed by atoms with E-state index in [4.69, 9.17) is 5.73 Å². The molecule has 1 aliphatic heterocycles. The Hall–Kier alpha value is -1.20. The van der Waals surface area contributed by atoms with E-state index in [0.29, 0.717) is 18.3 Å². The minimum atomic E-state index is 0.0272. The van der Waals surface area contributed by atoms with Crippen LogP contribution in [0, 0.1) is 0 Å². The van der Waals surface area contributed by atoms with Gasteiger partial charge in [0.1, 0.15) is 0 Å². The van der Waals surface area contributed by atoms with Crippen molar-refractivity contribution >= 4 is 29.0 Å². The first-order valence-corrected chi connectivity index (χ1v) is 7.28. The first-order valence-electron chi connectivity index (χ1n) is 6.12. The topological polar surface area (TPSA) is 58.4 Å². The van der Waals surface area contributed by atoms with Crippen LogP contribution >= 0.6 is 11.8 Å². The number of amides is 1. The average molecular weight is 265 g/mol. The van der Waals surface area contributed by atoms with E-state index >= 15 is 0 Å². The third-order valence-corrected chi connectivity index (χ3v) is 4.21. The van der Waals surface area contributed by atoms with E-state index in [1.807, 2.05) is 23.9 Å². The number of carbonyl (C=O) groups excluding carboxylic acids is 1. The molecule has 0 bridgehead atoms. The molecular formula is C13H19N3OS.